The third-order valence-corrected chi connectivity index (χ3v) is 3.88. The largest absolute Gasteiger partial charge is 0.480 e. The van der Waals surface area contributed by atoms with Gasteiger partial charge in [-0.1, -0.05) is 13.8 Å². The number of thiol groups is 1. The van der Waals surface area contributed by atoms with Crippen molar-refractivity contribution in [3.8, 4) is 0 Å². The Hall–Kier alpha value is -2.34. The van der Waals surface area contributed by atoms with Gasteiger partial charge >= 0.3 is 5.97 Å². The fraction of sp³-hybridized carbons (Fsp3) is 0.667. The third kappa shape index (κ3) is 9.80. The van der Waals surface area contributed by atoms with Crippen LogP contribution in [0.15, 0.2) is 0 Å². The summed E-state index contributed by atoms with van der Waals surface area (Å²) in [5.41, 5.74) is 10.6. The maximum atomic E-state index is 12.4. The van der Waals surface area contributed by atoms with Gasteiger partial charge in [-0.3, -0.25) is 24.0 Å². The number of primary amides is 1. The highest BCUT2D eigenvalue weighted by Gasteiger charge is 2.29. The molecule has 0 aromatic rings. The fourth-order valence-electron chi connectivity index (χ4n) is 1.96. The minimum Gasteiger partial charge on any atom is -0.480 e. The minimum atomic E-state index is -1.22. The van der Waals surface area contributed by atoms with E-state index in [1.165, 1.54) is 0 Å². The van der Waals surface area contributed by atoms with Crippen molar-refractivity contribution in [3.05, 3.63) is 0 Å². The van der Waals surface area contributed by atoms with Crippen molar-refractivity contribution in [2.45, 2.75) is 44.8 Å². The number of carbonyl (C=O) groups is 5. The van der Waals surface area contributed by atoms with Crippen LogP contribution in [0.3, 0.4) is 0 Å². The summed E-state index contributed by atoms with van der Waals surface area (Å²) in [7, 11) is 0. The van der Waals surface area contributed by atoms with E-state index >= 15 is 0 Å². The predicted molar refractivity (Wildman–Crippen MR) is 99.6 cm³/mol. The summed E-state index contributed by atoms with van der Waals surface area (Å²) >= 11 is 4.01. The molecule has 0 saturated carbocycles. The fourth-order valence-corrected chi connectivity index (χ4v) is 2.22. The zero-order chi connectivity index (χ0) is 21.1. The number of hydrogen-bond donors (Lipinski definition) is 7. The van der Waals surface area contributed by atoms with Crippen molar-refractivity contribution in [2.75, 3.05) is 12.3 Å². The van der Waals surface area contributed by atoms with E-state index in [9.17, 15) is 24.0 Å². The third-order valence-electron chi connectivity index (χ3n) is 3.51. The first kappa shape index (κ1) is 24.7. The molecule has 154 valence electrons. The SMILES string of the molecule is CC(C)C(NC(=O)C(CS)NC(=O)C(N)CCC(N)=O)C(=O)NCC(=O)O. The Morgan fingerprint density at radius 2 is 1.63 bits per heavy atom. The van der Waals surface area contributed by atoms with Crippen molar-refractivity contribution >= 4 is 42.2 Å². The zero-order valence-corrected chi connectivity index (χ0v) is 16.1. The first-order valence-electron chi connectivity index (χ1n) is 8.24. The van der Waals surface area contributed by atoms with Gasteiger partial charge in [-0.05, 0) is 12.3 Å². The van der Waals surface area contributed by atoms with Crippen LogP contribution in [-0.2, 0) is 24.0 Å². The Morgan fingerprint density at radius 1 is 1.04 bits per heavy atom. The summed E-state index contributed by atoms with van der Waals surface area (Å²) in [5.74, 6) is -4.23. The van der Waals surface area contributed by atoms with Gasteiger partial charge in [0.05, 0.1) is 6.04 Å². The first-order chi connectivity index (χ1) is 12.5. The molecule has 27 heavy (non-hydrogen) atoms. The van der Waals surface area contributed by atoms with E-state index in [0.29, 0.717) is 0 Å². The van der Waals surface area contributed by atoms with E-state index in [1.54, 1.807) is 13.8 Å². The Bertz CT molecular complexity index is 571. The summed E-state index contributed by atoms with van der Waals surface area (Å²) in [6.45, 7) is 2.75. The number of rotatable bonds is 12. The number of nitrogens with one attached hydrogen (secondary N) is 3. The summed E-state index contributed by atoms with van der Waals surface area (Å²) in [5, 5.41) is 15.7. The van der Waals surface area contributed by atoms with Crippen molar-refractivity contribution in [2.24, 2.45) is 17.4 Å². The maximum absolute atomic E-state index is 12.4. The van der Waals surface area contributed by atoms with Crippen LogP contribution >= 0.6 is 12.6 Å². The standard InChI is InChI=1S/C15H27N5O6S/c1-7(2)12(15(26)18-5-11(22)23)20-14(25)9(6-27)19-13(24)8(16)3-4-10(17)21/h7-9,12,27H,3-6,16H2,1-2H3,(H2,17,21)(H,18,26)(H,19,24)(H,20,25)(H,22,23). The van der Waals surface area contributed by atoms with E-state index in [0.717, 1.165) is 0 Å². The molecule has 0 aliphatic carbocycles. The van der Waals surface area contributed by atoms with E-state index in [1.807, 2.05) is 0 Å². The molecule has 0 saturated heterocycles. The molecule has 0 radical (unpaired) electrons. The van der Waals surface area contributed by atoms with Gasteiger partial charge in [0.1, 0.15) is 18.6 Å². The Morgan fingerprint density at radius 3 is 2.07 bits per heavy atom. The zero-order valence-electron chi connectivity index (χ0n) is 15.2. The second-order valence-corrected chi connectivity index (χ2v) is 6.56. The maximum Gasteiger partial charge on any atom is 0.322 e. The van der Waals surface area contributed by atoms with Crippen LogP contribution in [0.4, 0.5) is 0 Å². The second kappa shape index (κ2) is 12.1. The molecule has 12 heteroatoms. The molecule has 3 atom stereocenters. The molecule has 0 aliphatic rings. The molecule has 0 aromatic carbocycles. The highest BCUT2D eigenvalue weighted by atomic mass is 32.1. The lowest BCUT2D eigenvalue weighted by Gasteiger charge is -2.25. The van der Waals surface area contributed by atoms with E-state index in [4.69, 9.17) is 16.6 Å². The van der Waals surface area contributed by atoms with E-state index < -0.39 is 54.3 Å². The van der Waals surface area contributed by atoms with Crippen LogP contribution in [0, 0.1) is 5.92 Å². The molecule has 11 nitrogen and oxygen atoms in total. The Labute approximate surface area is 162 Å². The predicted octanol–water partition coefficient (Wildman–Crippen LogP) is -2.66. The van der Waals surface area contributed by atoms with E-state index in [2.05, 4.69) is 28.6 Å². The van der Waals surface area contributed by atoms with Crippen molar-refractivity contribution in [1.82, 2.24) is 16.0 Å². The normalized spacial score (nSPS) is 14.0. The van der Waals surface area contributed by atoms with Gasteiger partial charge in [-0.25, -0.2) is 0 Å². The first-order valence-corrected chi connectivity index (χ1v) is 8.87. The average molecular weight is 405 g/mol. The molecule has 0 fully saturated rings. The molecule has 0 spiro atoms. The number of carbonyl (C=O) groups excluding carboxylic acids is 4. The van der Waals surface area contributed by atoms with Gasteiger partial charge in [-0.2, -0.15) is 12.6 Å². The number of hydrogen-bond acceptors (Lipinski definition) is 7. The lowest BCUT2D eigenvalue weighted by molar-refractivity contribution is -0.139. The second-order valence-electron chi connectivity index (χ2n) is 6.20. The minimum absolute atomic E-state index is 0.0221. The van der Waals surface area contributed by atoms with Crippen LogP contribution in [0.25, 0.3) is 0 Å². The van der Waals surface area contributed by atoms with Crippen molar-refractivity contribution in [1.29, 1.82) is 0 Å². The smallest absolute Gasteiger partial charge is 0.322 e. The summed E-state index contributed by atoms with van der Waals surface area (Å²) in [4.78, 5) is 57.7. The monoisotopic (exact) mass is 405 g/mol. The van der Waals surface area contributed by atoms with Gasteiger partial charge in [0.2, 0.25) is 23.6 Å². The highest BCUT2D eigenvalue weighted by molar-refractivity contribution is 7.80. The lowest BCUT2D eigenvalue weighted by atomic mass is 10.0. The highest BCUT2D eigenvalue weighted by Crippen LogP contribution is 2.04. The Kier molecular flexibility index (Phi) is 11.1. The molecule has 0 bridgehead atoms. The molecule has 3 unspecified atom stereocenters. The van der Waals surface area contributed by atoms with Gasteiger partial charge in [-0.15, -0.1) is 0 Å². The molecular weight excluding hydrogens is 378 g/mol. The van der Waals surface area contributed by atoms with Crippen LogP contribution in [0.1, 0.15) is 26.7 Å². The lowest BCUT2D eigenvalue weighted by Crippen LogP contribution is -2.57. The summed E-state index contributed by atoms with van der Waals surface area (Å²) in [6, 6.07) is -3.11. The Balaban J connectivity index is 4.87. The van der Waals surface area contributed by atoms with Crippen molar-refractivity contribution in [3.63, 3.8) is 0 Å². The van der Waals surface area contributed by atoms with Gasteiger partial charge in [0, 0.05) is 12.2 Å². The molecule has 0 aliphatic heterocycles. The molecule has 0 heterocycles. The number of amides is 4. The molecule has 4 amide bonds. The molecule has 8 N–H and O–H groups in total. The van der Waals surface area contributed by atoms with Gasteiger partial charge < -0.3 is 32.5 Å². The quantitative estimate of drug-likeness (QED) is 0.172. The molecular formula is C15H27N5O6S. The number of nitrogens with two attached hydrogens (primary N) is 2. The van der Waals surface area contributed by atoms with E-state index in [-0.39, 0.29) is 24.5 Å². The molecule has 0 aromatic heterocycles. The van der Waals surface area contributed by atoms with Gasteiger partial charge in [0.15, 0.2) is 0 Å². The summed E-state index contributed by atoms with van der Waals surface area (Å²) in [6.07, 6.45) is -0.0558. The van der Waals surface area contributed by atoms with Crippen molar-refractivity contribution < 1.29 is 29.1 Å². The van der Waals surface area contributed by atoms with Crippen LogP contribution in [0.5, 0.6) is 0 Å². The van der Waals surface area contributed by atoms with Gasteiger partial charge in [0.25, 0.3) is 0 Å². The summed E-state index contributed by atoms with van der Waals surface area (Å²) < 4.78 is 0. The topological polar surface area (TPSA) is 194 Å². The molecule has 0 rings (SSSR count). The van der Waals surface area contributed by atoms with Crippen LogP contribution in [-0.4, -0.2) is 65.1 Å². The number of aliphatic carboxylic acids is 1. The average Bonchev–Trinajstić information content (AvgIpc) is 2.58. The van der Waals surface area contributed by atoms with Crippen LogP contribution < -0.4 is 27.4 Å². The number of carboxylic acids is 1. The van der Waals surface area contributed by atoms with Crippen LogP contribution in [0.2, 0.25) is 0 Å². The number of carboxylic acid groups (broad SMARTS) is 1.